The van der Waals surface area contributed by atoms with Crippen molar-refractivity contribution in [3.8, 4) is 5.75 Å². The number of carbonyl (C=O) groups excluding carboxylic acids is 2. The third kappa shape index (κ3) is 6.06. The highest BCUT2D eigenvalue weighted by molar-refractivity contribution is 5.94. The molecule has 154 valence electrons. The predicted octanol–water partition coefficient (Wildman–Crippen LogP) is 3.05. The lowest BCUT2D eigenvalue weighted by Gasteiger charge is -2.32. The van der Waals surface area contributed by atoms with E-state index in [9.17, 15) is 9.59 Å². The van der Waals surface area contributed by atoms with E-state index in [0.717, 1.165) is 30.6 Å². The Bertz CT molecular complexity index is 810. The zero-order chi connectivity index (χ0) is 20.5. The Hall–Kier alpha value is -2.86. The molecule has 2 aromatic rings. The molecule has 1 unspecified atom stereocenters. The van der Waals surface area contributed by atoms with Crippen molar-refractivity contribution in [2.45, 2.75) is 26.3 Å². The largest absolute Gasteiger partial charge is 0.484 e. The number of piperidine rings is 1. The van der Waals surface area contributed by atoms with E-state index in [0.29, 0.717) is 25.4 Å². The standard InChI is InChI=1S/C23H29N3O3/c1-2-24-15-18-9-6-7-13-21(18)25-23(28)19-10-8-14-26(16-19)22(27)17-29-20-11-4-3-5-12-20/h3-7,9,11-13,19,24H,2,8,10,14-17H2,1H3,(H,25,28). The molecular weight excluding hydrogens is 366 g/mol. The molecular formula is C23H29N3O3. The van der Waals surface area contributed by atoms with Gasteiger partial charge in [0.1, 0.15) is 5.75 Å². The molecule has 0 bridgehead atoms. The fraction of sp³-hybridized carbons (Fsp3) is 0.391. The summed E-state index contributed by atoms with van der Waals surface area (Å²) in [6, 6.07) is 17.1. The zero-order valence-corrected chi connectivity index (χ0v) is 16.9. The van der Waals surface area contributed by atoms with Crippen LogP contribution < -0.4 is 15.4 Å². The fourth-order valence-electron chi connectivity index (χ4n) is 3.46. The first-order chi connectivity index (χ1) is 14.2. The smallest absolute Gasteiger partial charge is 0.260 e. The minimum Gasteiger partial charge on any atom is -0.484 e. The van der Waals surface area contributed by atoms with Gasteiger partial charge in [0.25, 0.3) is 5.91 Å². The summed E-state index contributed by atoms with van der Waals surface area (Å²) in [5.41, 5.74) is 1.89. The summed E-state index contributed by atoms with van der Waals surface area (Å²) in [5.74, 6) is 0.343. The van der Waals surface area contributed by atoms with Crippen molar-refractivity contribution in [1.82, 2.24) is 10.2 Å². The van der Waals surface area contributed by atoms with Crippen LogP contribution in [-0.4, -0.2) is 43.0 Å². The first-order valence-corrected chi connectivity index (χ1v) is 10.2. The molecule has 2 amide bonds. The van der Waals surface area contributed by atoms with Gasteiger partial charge in [0, 0.05) is 25.3 Å². The Labute approximate surface area is 172 Å². The van der Waals surface area contributed by atoms with Crippen LogP contribution in [0.5, 0.6) is 5.75 Å². The molecule has 6 nitrogen and oxygen atoms in total. The first kappa shape index (κ1) is 20.9. The average Bonchev–Trinajstić information content (AvgIpc) is 2.77. The number of hydrogen-bond donors (Lipinski definition) is 2. The normalized spacial score (nSPS) is 16.3. The molecule has 2 N–H and O–H groups in total. The Kier molecular flexibility index (Phi) is 7.64. The summed E-state index contributed by atoms with van der Waals surface area (Å²) in [6.45, 7) is 4.71. The van der Waals surface area contributed by atoms with Crippen molar-refractivity contribution >= 4 is 17.5 Å². The summed E-state index contributed by atoms with van der Waals surface area (Å²) < 4.78 is 5.57. The minimum atomic E-state index is -0.211. The SMILES string of the molecule is CCNCc1ccccc1NC(=O)C1CCCN(C(=O)COc2ccccc2)C1. The van der Waals surface area contributed by atoms with Gasteiger partial charge in [-0.2, -0.15) is 0 Å². The van der Waals surface area contributed by atoms with Gasteiger partial charge < -0.3 is 20.3 Å². The van der Waals surface area contributed by atoms with Crippen LogP contribution in [0.3, 0.4) is 0 Å². The van der Waals surface area contributed by atoms with E-state index in [1.807, 2.05) is 54.6 Å². The number of nitrogens with one attached hydrogen (secondary N) is 2. The Balaban J connectivity index is 1.54. The monoisotopic (exact) mass is 395 g/mol. The lowest BCUT2D eigenvalue weighted by Crippen LogP contribution is -2.45. The second kappa shape index (κ2) is 10.6. The molecule has 1 fully saturated rings. The number of benzene rings is 2. The van der Waals surface area contributed by atoms with E-state index < -0.39 is 0 Å². The maximum atomic E-state index is 12.8. The van der Waals surface area contributed by atoms with Gasteiger partial charge in [-0.1, -0.05) is 43.3 Å². The van der Waals surface area contributed by atoms with E-state index in [4.69, 9.17) is 4.74 Å². The molecule has 0 saturated carbocycles. The third-order valence-electron chi connectivity index (χ3n) is 5.09. The lowest BCUT2D eigenvalue weighted by molar-refractivity contribution is -0.136. The molecule has 1 atom stereocenters. The molecule has 0 aliphatic carbocycles. The zero-order valence-electron chi connectivity index (χ0n) is 16.9. The van der Waals surface area contributed by atoms with E-state index in [1.165, 1.54) is 0 Å². The predicted molar refractivity (Wildman–Crippen MR) is 114 cm³/mol. The van der Waals surface area contributed by atoms with Crippen LogP contribution in [0.15, 0.2) is 54.6 Å². The third-order valence-corrected chi connectivity index (χ3v) is 5.09. The van der Waals surface area contributed by atoms with Gasteiger partial charge in [0.05, 0.1) is 5.92 Å². The van der Waals surface area contributed by atoms with E-state index in [-0.39, 0.29) is 24.3 Å². The molecule has 0 spiro atoms. The number of rotatable bonds is 8. The summed E-state index contributed by atoms with van der Waals surface area (Å²) in [6.07, 6.45) is 1.60. The first-order valence-electron chi connectivity index (χ1n) is 10.2. The van der Waals surface area contributed by atoms with Crippen molar-refractivity contribution in [1.29, 1.82) is 0 Å². The van der Waals surface area contributed by atoms with Crippen LogP contribution in [-0.2, 0) is 16.1 Å². The Morgan fingerprint density at radius 3 is 2.66 bits per heavy atom. The van der Waals surface area contributed by atoms with Gasteiger partial charge in [-0.15, -0.1) is 0 Å². The van der Waals surface area contributed by atoms with Crippen molar-refractivity contribution in [2.75, 3.05) is 31.6 Å². The van der Waals surface area contributed by atoms with Crippen LogP contribution in [0.1, 0.15) is 25.3 Å². The van der Waals surface area contributed by atoms with Crippen LogP contribution in [0.4, 0.5) is 5.69 Å². The summed E-state index contributed by atoms with van der Waals surface area (Å²) in [7, 11) is 0. The minimum absolute atomic E-state index is 0.0100. The molecule has 1 aliphatic rings. The highest BCUT2D eigenvalue weighted by atomic mass is 16.5. The number of para-hydroxylation sites is 2. The number of hydrogen-bond acceptors (Lipinski definition) is 4. The van der Waals surface area contributed by atoms with Crippen molar-refractivity contribution in [3.05, 3.63) is 60.2 Å². The topological polar surface area (TPSA) is 70.7 Å². The van der Waals surface area contributed by atoms with E-state index >= 15 is 0 Å². The Morgan fingerprint density at radius 2 is 1.86 bits per heavy atom. The molecule has 6 heteroatoms. The maximum Gasteiger partial charge on any atom is 0.260 e. The van der Waals surface area contributed by atoms with Crippen molar-refractivity contribution in [2.24, 2.45) is 5.92 Å². The van der Waals surface area contributed by atoms with Gasteiger partial charge in [0.2, 0.25) is 5.91 Å². The van der Waals surface area contributed by atoms with Gasteiger partial charge >= 0.3 is 0 Å². The number of likely N-dealkylation sites (tertiary alicyclic amines) is 1. The molecule has 0 radical (unpaired) electrons. The van der Waals surface area contributed by atoms with Crippen molar-refractivity contribution in [3.63, 3.8) is 0 Å². The number of anilines is 1. The molecule has 0 aromatic heterocycles. The van der Waals surface area contributed by atoms with E-state index in [2.05, 4.69) is 17.6 Å². The van der Waals surface area contributed by atoms with E-state index in [1.54, 1.807) is 4.90 Å². The Morgan fingerprint density at radius 1 is 1.10 bits per heavy atom. The van der Waals surface area contributed by atoms with Gasteiger partial charge in [-0.05, 0) is 43.1 Å². The number of carbonyl (C=O) groups is 2. The molecule has 1 heterocycles. The quantitative estimate of drug-likeness (QED) is 0.721. The average molecular weight is 396 g/mol. The van der Waals surface area contributed by atoms with Crippen LogP contribution in [0.2, 0.25) is 0 Å². The van der Waals surface area contributed by atoms with Crippen LogP contribution >= 0.6 is 0 Å². The van der Waals surface area contributed by atoms with Crippen LogP contribution in [0.25, 0.3) is 0 Å². The lowest BCUT2D eigenvalue weighted by atomic mass is 9.96. The summed E-state index contributed by atoms with van der Waals surface area (Å²) in [4.78, 5) is 27.1. The van der Waals surface area contributed by atoms with Gasteiger partial charge in [-0.25, -0.2) is 0 Å². The molecule has 3 rings (SSSR count). The summed E-state index contributed by atoms with van der Waals surface area (Å²) in [5, 5.41) is 6.35. The summed E-state index contributed by atoms with van der Waals surface area (Å²) >= 11 is 0. The van der Waals surface area contributed by atoms with Gasteiger partial charge in [-0.3, -0.25) is 9.59 Å². The number of nitrogens with zero attached hydrogens (tertiary/aromatic N) is 1. The van der Waals surface area contributed by atoms with Crippen molar-refractivity contribution < 1.29 is 14.3 Å². The highest BCUT2D eigenvalue weighted by Crippen LogP contribution is 2.21. The highest BCUT2D eigenvalue weighted by Gasteiger charge is 2.28. The fourth-order valence-corrected chi connectivity index (χ4v) is 3.46. The second-order valence-corrected chi connectivity index (χ2v) is 7.21. The second-order valence-electron chi connectivity index (χ2n) is 7.21. The van der Waals surface area contributed by atoms with Crippen LogP contribution in [0, 0.1) is 5.92 Å². The number of ether oxygens (including phenoxy) is 1. The van der Waals surface area contributed by atoms with Gasteiger partial charge in [0.15, 0.2) is 6.61 Å². The molecule has 29 heavy (non-hydrogen) atoms. The molecule has 2 aromatic carbocycles. The molecule has 1 aliphatic heterocycles. The molecule has 1 saturated heterocycles. The maximum absolute atomic E-state index is 12.8. The number of amides is 2.